The molecule has 5 rings (SSSR count). The first-order valence-electron chi connectivity index (χ1n) is 17.6. The number of hydrogen-bond donors (Lipinski definition) is 2. The monoisotopic (exact) mass is 634 g/mol. The lowest BCUT2D eigenvalue weighted by molar-refractivity contribution is 0.180. The van der Waals surface area contributed by atoms with Crippen molar-refractivity contribution in [3.05, 3.63) is 57.7 Å². The van der Waals surface area contributed by atoms with Crippen LogP contribution < -0.4 is 4.74 Å². The Morgan fingerprint density at radius 1 is 0.756 bits per heavy atom. The molecule has 3 nitrogen and oxygen atoms in total. The number of hydrogen-bond acceptors (Lipinski definition) is 3. The van der Waals surface area contributed by atoms with Gasteiger partial charge in [0.05, 0.1) is 12.2 Å². The largest absolute Gasteiger partial charge is 0.505 e. The first kappa shape index (κ1) is 35.6. The van der Waals surface area contributed by atoms with Gasteiger partial charge in [0.1, 0.15) is 0 Å². The third-order valence-electron chi connectivity index (χ3n) is 10.5. The van der Waals surface area contributed by atoms with Crippen LogP contribution >= 0.6 is 0 Å². The van der Waals surface area contributed by atoms with E-state index in [-0.39, 0.29) is 23.7 Å². The second-order valence-corrected chi connectivity index (χ2v) is 14.1. The van der Waals surface area contributed by atoms with Crippen LogP contribution in [0.4, 0.5) is 17.6 Å². The van der Waals surface area contributed by atoms with E-state index < -0.39 is 35.1 Å². The fraction of sp³-hybridized carbons (Fsp3) is 0.684. The van der Waals surface area contributed by atoms with Crippen LogP contribution in [0.1, 0.15) is 152 Å². The van der Waals surface area contributed by atoms with Crippen molar-refractivity contribution in [3.63, 3.8) is 0 Å². The van der Waals surface area contributed by atoms with Crippen LogP contribution in [-0.2, 0) is 12.8 Å². The maximum Gasteiger partial charge on any atom is 0.201 e. The predicted molar refractivity (Wildman–Crippen MR) is 172 cm³/mol. The molecule has 1 heterocycles. The summed E-state index contributed by atoms with van der Waals surface area (Å²) in [5.74, 6) is -2.25. The number of ether oxygens (including phenoxy) is 1. The van der Waals surface area contributed by atoms with Crippen molar-refractivity contribution in [2.75, 3.05) is 0 Å². The van der Waals surface area contributed by atoms with Gasteiger partial charge in [0.15, 0.2) is 23.1 Å². The van der Waals surface area contributed by atoms with Crippen molar-refractivity contribution in [1.82, 2.24) is 0 Å². The van der Waals surface area contributed by atoms with Crippen molar-refractivity contribution < 1.29 is 32.5 Å². The van der Waals surface area contributed by atoms with Crippen molar-refractivity contribution in [2.45, 2.75) is 154 Å². The molecule has 2 aromatic rings. The van der Waals surface area contributed by atoms with E-state index >= 15 is 0 Å². The van der Waals surface area contributed by atoms with E-state index in [1.54, 1.807) is 13.0 Å². The summed E-state index contributed by atoms with van der Waals surface area (Å²) in [7, 11) is 0. The van der Waals surface area contributed by atoms with Gasteiger partial charge in [-0.15, -0.1) is 0 Å². The predicted octanol–water partition coefficient (Wildman–Crippen LogP) is 10.8. The summed E-state index contributed by atoms with van der Waals surface area (Å²) >= 11 is 0. The number of fused-ring (bicyclic) bond motifs is 1. The molecule has 0 bridgehead atoms. The Kier molecular flexibility index (Phi) is 13.1. The van der Waals surface area contributed by atoms with E-state index in [4.69, 9.17) is 4.74 Å². The number of phenols is 1. The Bertz CT molecular complexity index is 1250. The van der Waals surface area contributed by atoms with E-state index in [1.807, 2.05) is 13.0 Å². The number of aliphatic hydroxyl groups excluding tert-OH is 1. The minimum Gasteiger partial charge on any atom is -0.505 e. The number of rotatable bonds is 9. The van der Waals surface area contributed by atoms with Gasteiger partial charge in [-0.3, -0.25) is 0 Å². The molecule has 2 aromatic carbocycles. The molecule has 0 amide bonds. The highest BCUT2D eigenvalue weighted by molar-refractivity contribution is 5.43. The third-order valence-corrected chi connectivity index (χ3v) is 10.5. The van der Waals surface area contributed by atoms with Crippen molar-refractivity contribution >= 4 is 0 Å². The summed E-state index contributed by atoms with van der Waals surface area (Å²) in [6.45, 7) is 7.94. The first-order valence-corrected chi connectivity index (χ1v) is 17.6. The van der Waals surface area contributed by atoms with Crippen molar-refractivity contribution in [1.29, 1.82) is 0 Å². The molecule has 2 fully saturated rings. The topological polar surface area (TPSA) is 49.7 Å². The number of benzene rings is 2. The van der Waals surface area contributed by atoms with Crippen LogP contribution in [0.3, 0.4) is 0 Å². The summed E-state index contributed by atoms with van der Waals surface area (Å²) in [6, 6.07) is 3.49. The van der Waals surface area contributed by atoms with Gasteiger partial charge in [-0.05, 0) is 149 Å². The van der Waals surface area contributed by atoms with E-state index in [1.165, 1.54) is 25.7 Å². The van der Waals surface area contributed by atoms with Crippen LogP contribution in [0.15, 0.2) is 12.1 Å². The zero-order valence-corrected chi connectivity index (χ0v) is 27.7. The van der Waals surface area contributed by atoms with Crippen LogP contribution in [0.25, 0.3) is 0 Å². The van der Waals surface area contributed by atoms with Gasteiger partial charge in [-0.25, -0.2) is 8.78 Å². The average Bonchev–Trinajstić information content (AvgIpc) is 3.03. The van der Waals surface area contributed by atoms with Crippen LogP contribution in [-0.4, -0.2) is 22.4 Å². The highest BCUT2D eigenvalue weighted by atomic mass is 19.2. The number of aliphatic hydroxyl groups is 1. The van der Waals surface area contributed by atoms with Gasteiger partial charge in [0.25, 0.3) is 0 Å². The van der Waals surface area contributed by atoms with E-state index in [9.17, 15) is 27.8 Å². The second kappa shape index (κ2) is 16.5. The Morgan fingerprint density at radius 3 is 1.78 bits per heavy atom. The van der Waals surface area contributed by atoms with Crippen LogP contribution in [0.5, 0.6) is 11.5 Å². The fourth-order valence-corrected chi connectivity index (χ4v) is 7.80. The summed E-state index contributed by atoms with van der Waals surface area (Å²) in [5, 5.41) is 19.2. The normalized spacial score (nSPS) is 25.5. The summed E-state index contributed by atoms with van der Waals surface area (Å²) in [5.41, 5.74) is 2.23. The highest BCUT2D eigenvalue weighted by Crippen LogP contribution is 2.43. The van der Waals surface area contributed by atoms with Gasteiger partial charge < -0.3 is 14.9 Å². The van der Waals surface area contributed by atoms with Gasteiger partial charge in [0.2, 0.25) is 11.6 Å². The Balaban J connectivity index is 0.000000205. The molecule has 2 atom stereocenters. The molecule has 7 heteroatoms. The number of phenolic OH excluding ortho intramolecular Hbond substituents is 1. The quantitative estimate of drug-likeness (QED) is 0.270. The molecule has 45 heavy (non-hydrogen) atoms. The lowest BCUT2D eigenvalue weighted by atomic mass is 9.76. The fourth-order valence-electron chi connectivity index (χ4n) is 7.80. The lowest BCUT2D eigenvalue weighted by Gasteiger charge is -2.30. The number of halogens is 4. The molecule has 252 valence electrons. The second-order valence-electron chi connectivity index (χ2n) is 14.1. The molecule has 2 unspecified atom stereocenters. The van der Waals surface area contributed by atoms with Gasteiger partial charge in [-0.1, -0.05) is 39.5 Å². The van der Waals surface area contributed by atoms with Crippen molar-refractivity contribution in [2.24, 2.45) is 11.8 Å². The molecule has 0 aromatic heterocycles. The zero-order chi connectivity index (χ0) is 32.7. The maximum atomic E-state index is 14.5. The summed E-state index contributed by atoms with van der Waals surface area (Å²) in [4.78, 5) is 0. The van der Waals surface area contributed by atoms with E-state index in [0.29, 0.717) is 35.4 Å². The highest BCUT2D eigenvalue weighted by Gasteiger charge is 2.31. The third kappa shape index (κ3) is 8.96. The summed E-state index contributed by atoms with van der Waals surface area (Å²) < 4.78 is 62.7. The average molecular weight is 635 g/mol. The first-order chi connectivity index (χ1) is 21.5. The standard InChI is InChI=1S/C19H28F2O2.C19H26F2O/c1-3-4-13-6-9-14(10-7-13)16-11-15(8-5-12(2)22)19(23)18(21)17(16)20;1-3-4-13-6-9-14(10-7-13)16-11-15-8-5-12(2)22-19(15)18(21)17(16)20/h11-14,22-23H,3-10H2,1-2H3;11-14H,3-10H2,1-2H3. The van der Waals surface area contributed by atoms with Crippen LogP contribution in [0, 0.1) is 35.1 Å². The van der Waals surface area contributed by atoms with Crippen molar-refractivity contribution in [3.8, 4) is 11.5 Å². The Morgan fingerprint density at radius 2 is 1.27 bits per heavy atom. The van der Waals surface area contributed by atoms with Crippen LogP contribution in [0.2, 0.25) is 0 Å². The van der Waals surface area contributed by atoms with E-state index in [0.717, 1.165) is 75.7 Å². The minimum atomic E-state index is -1.14. The molecular formula is C38H54F4O3. The maximum absolute atomic E-state index is 14.5. The molecule has 2 N–H and O–H groups in total. The molecular weight excluding hydrogens is 580 g/mol. The number of aryl methyl sites for hydroxylation is 2. The Hall–Kier alpha value is -2.28. The SMILES string of the molecule is CCCC1CCC(c2cc(CCC(C)O)c(O)c(F)c2F)CC1.CCCC1CCC(c2cc3c(c(F)c2F)OC(C)CC3)CC1. The molecule has 0 saturated heterocycles. The van der Waals surface area contributed by atoms with Gasteiger partial charge in [-0.2, -0.15) is 8.78 Å². The molecule has 3 aliphatic rings. The van der Waals surface area contributed by atoms with Gasteiger partial charge in [0, 0.05) is 0 Å². The molecule has 1 aliphatic heterocycles. The lowest BCUT2D eigenvalue weighted by Crippen LogP contribution is -2.22. The summed E-state index contributed by atoms with van der Waals surface area (Å²) in [6.07, 6.45) is 14.8. The smallest absolute Gasteiger partial charge is 0.201 e. The molecule has 0 radical (unpaired) electrons. The zero-order valence-electron chi connectivity index (χ0n) is 27.7. The van der Waals surface area contributed by atoms with E-state index in [2.05, 4.69) is 13.8 Å². The molecule has 0 spiro atoms. The Labute approximate surface area is 267 Å². The van der Waals surface area contributed by atoms with Gasteiger partial charge >= 0.3 is 0 Å². The number of aromatic hydroxyl groups is 1. The minimum absolute atomic E-state index is 0.0308. The molecule has 2 aliphatic carbocycles. The molecule has 2 saturated carbocycles.